The lowest BCUT2D eigenvalue weighted by Gasteiger charge is -2.23. The summed E-state index contributed by atoms with van der Waals surface area (Å²) in [6.07, 6.45) is 0.197. The van der Waals surface area contributed by atoms with Crippen LogP contribution in [0.3, 0.4) is 0 Å². The lowest BCUT2D eigenvalue weighted by Crippen LogP contribution is -2.55. The van der Waals surface area contributed by atoms with Gasteiger partial charge in [0.2, 0.25) is 0 Å². The van der Waals surface area contributed by atoms with Crippen LogP contribution in [0.25, 0.3) is 0 Å². The normalized spacial score (nSPS) is 22.2. The SMILES string of the molecule is O=C(NC1(C(=O)O)CCOC1)c1cc(Br)ccc1O. The summed E-state index contributed by atoms with van der Waals surface area (Å²) in [5.41, 5.74) is -1.41. The number of amides is 1. The van der Waals surface area contributed by atoms with Gasteiger partial charge in [-0.1, -0.05) is 15.9 Å². The molecule has 102 valence electrons. The zero-order valence-electron chi connectivity index (χ0n) is 9.85. The number of nitrogens with one attached hydrogen (secondary N) is 1. The number of rotatable bonds is 3. The molecule has 1 fully saturated rings. The largest absolute Gasteiger partial charge is 0.507 e. The van der Waals surface area contributed by atoms with Gasteiger partial charge in [0, 0.05) is 17.5 Å². The van der Waals surface area contributed by atoms with Crippen LogP contribution in [0.2, 0.25) is 0 Å². The predicted octanol–water partition coefficient (Wildman–Crippen LogP) is 1.13. The number of hydrogen-bond donors (Lipinski definition) is 3. The van der Waals surface area contributed by atoms with E-state index in [1.165, 1.54) is 12.1 Å². The van der Waals surface area contributed by atoms with Crippen LogP contribution in [0.5, 0.6) is 5.75 Å². The minimum atomic E-state index is -1.42. The minimum absolute atomic E-state index is 0.0156. The van der Waals surface area contributed by atoms with E-state index in [1.807, 2.05) is 0 Å². The number of carboxylic acids is 1. The smallest absolute Gasteiger partial charge is 0.331 e. The molecule has 2 rings (SSSR count). The highest BCUT2D eigenvalue weighted by Gasteiger charge is 2.44. The summed E-state index contributed by atoms with van der Waals surface area (Å²) in [7, 11) is 0. The number of ether oxygens (including phenoxy) is 1. The predicted molar refractivity (Wildman–Crippen MR) is 69.1 cm³/mol. The van der Waals surface area contributed by atoms with E-state index in [2.05, 4.69) is 21.2 Å². The molecule has 1 amide bonds. The number of phenolic OH excluding ortho intramolecular Hbond substituents is 1. The Bertz CT molecular complexity index is 525. The van der Waals surface area contributed by atoms with Gasteiger partial charge in [-0.3, -0.25) is 4.79 Å². The number of hydrogen-bond acceptors (Lipinski definition) is 4. The number of phenols is 1. The molecule has 1 aliphatic rings. The number of aliphatic carboxylic acids is 1. The van der Waals surface area contributed by atoms with Crippen molar-refractivity contribution in [3.05, 3.63) is 28.2 Å². The van der Waals surface area contributed by atoms with E-state index in [4.69, 9.17) is 4.74 Å². The minimum Gasteiger partial charge on any atom is -0.507 e. The second-order valence-electron chi connectivity index (χ2n) is 4.31. The van der Waals surface area contributed by atoms with Crippen LogP contribution in [0.15, 0.2) is 22.7 Å². The highest BCUT2D eigenvalue weighted by molar-refractivity contribution is 9.10. The molecule has 6 nitrogen and oxygen atoms in total. The molecule has 0 saturated carbocycles. The first-order chi connectivity index (χ1) is 8.94. The second kappa shape index (κ2) is 5.18. The molecule has 1 atom stereocenters. The Labute approximate surface area is 117 Å². The molecule has 3 N–H and O–H groups in total. The topological polar surface area (TPSA) is 95.9 Å². The van der Waals surface area contributed by atoms with E-state index in [0.717, 1.165) is 0 Å². The van der Waals surface area contributed by atoms with Gasteiger partial charge < -0.3 is 20.3 Å². The van der Waals surface area contributed by atoms with Gasteiger partial charge in [0.05, 0.1) is 12.2 Å². The van der Waals surface area contributed by atoms with Gasteiger partial charge in [-0.05, 0) is 18.2 Å². The van der Waals surface area contributed by atoms with E-state index in [-0.39, 0.29) is 30.9 Å². The van der Waals surface area contributed by atoms with Gasteiger partial charge in [0.25, 0.3) is 5.91 Å². The first-order valence-electron chi connectivity index (χ1n) is 5.57. The first kappa shape index (κ1) is 13.8. The van der Waals surface area contributed by atoms with Crippen molar-refractivity contribution in [3.8, 4) is 5.75 Å². The van der Waals surface area contributed by atoms with Crippen molar-refractivity contribution >= 4 is 27.8 Å². The maximum Gasteiger partial charge on any atom is 0.331 e. The quantitative estimate of drug-likeness (QED) is 0.772. The fraction of sp³-hybridized carbons (Fsp3) is 0.333. The van der Waals surface area contributed by atoms with Crippen LogP contribution in [0.4, 0.5) is 0 Å². The standard InChI is InChI=1S/C12H12BrNO5/c13-7-1-2-9(15)8(5-7)10(16)14-12(11(17)18)3-4-19-6-12/h1-2,5,15H,3-4,6H2,(H,14,16)(H,17,18). The Kier molecular flexibility index (Phi) is 3.77. The van der Waals surface area contributed by atoms with Crippen molar-refractivity contribution in [1.82, 2.24) is 5.32 Å². The summed E-state index contributed by atoms with van der Waals surface area (Å²) in [6, 6.07) is 4.37. The molecule has 1 aliphatic heterocycles. The Morgan fingerprint density at radius 3 is 2.74 bits per heavy atom. The van der Waals surface area contributed by atoms with Crippen LogP contribution in [-0.4, -0.2) is 40.8 Å². The van der Waals surface area contributed by atoms with Crippen LogP contribution < -0.4 is 5.32 Å². The van der Waals surface area contributed by atoms with Crippen molar-refractivity contribution in [2.75, 3.05) is 13.2 Å². The Morgan fingerprint density at radius 2 is 2.16 bits per heavy atom. The molecule has 0 spiro atoms. The maximum absolute atomic E-state index is 12.1. The lowest BCUT2D eigenvalue weighted by atomic mass is 9.98. The molecule has 0 bridgehead atoms. The Hall–Kier alpha value is -1.60. The molecule has 1 heterocycles. The fourth-order valence-electron chi connectivity index (χ4n) is 1.86. The lowest BCUT2D eigenvalue weighted by molar-refractivity contribution is -0.144. The highest BCUT2D eigenvalue weighted by atomic mass is 79.9. The van der Waals surface area contributed by atoms with Crippen LogP contribution in [0, 0.1) is 0 Å². The van der Waals surface area contributed by atoms with Crippen LogP contribution in [-0.2, 0) is 9.53 Å². The number of carbonyl (C=O) groups excluding carboxylic acids is 1. The molecule has 1 aromatic carbocycles. The number of benzene rings is 1. The molecular formula is C12H12BrNO5. The summed E-state index contributed by atoms with van der Waals surface area (Å²) in [5, 5.41) is 21.3. The van der Waals surface area contributed by atoms with Gasteiger partial charge in [0.1, 0.15) is 5.75 Å². The van der Waals surface area contributed by atoms with Crippen LogP contribution >= 0.6 is 15.9 Å². The van der Waals surface area contributed by atoms with Gasteiger partial charge in [0.15, 0.2) is 5.54 Å². The van der Waals surface area contributed by atoms with E-state index < -0.39 is 17.4 Å². The number of carbonyl (C=O) groups is 2. The summed E-state index contributed by atoms with van der Waals surface area (Å²) in [6.45, 7) is 0.194. The van der Waals surface area contributed by atoms with Gasteiger partial charge in [-0.15, -0.1) is 0 Å². The fourth-order valence-corrected chi connectivity index (χ4v) is 2.22. The molecule has 19 heavy (non-hydrogen) atoms. The van der Waals surface area contributed by atoms with E-state index in [0.29, 0.717) is 4.47 Å². The third-order valence-electron chi connectivity index (χ3n) is 2.99. The van der Waals surface area contributed by atoms with Gasteiger partial charge in [-0.2, -0.15) is 0 Å². The van der Waals surface area contributed by atoms with Crippen molar-refractivity contribution < 1.29 is 24.5 Å². The molecule has 1 saturated heterocycles. The summed E-state index contributed by atoms with van der Waals surface area (Å²) in [4.78, 5) is 23.3. The Balaban J connectivity index is 2.25. The van der Waals surface area contributed by atoms with E-state index >= 15 is 0 Å². The second-order valence-corrected chi connectivity index (χ2v) is 5.22. The van der Waals surface area contributed by atoms with Crippen molar-refractivity contribution in [1.29, 1.82) is 0 Å². The molecule has 7 heteroatoms. The molecule has 1 aromatic rings. The van der Waals surface area contributed by atoms with Crippen LogP contribution in [0.1, 0.15) is 16.8 Å². The first-order valence-corrected chi connectivity index (χ1v) is 6.36. The summed E-state index contributed by atoms with van der Waals surface area (Å²) >= 11 is 3.19. The van der Waals surface area contributed by atoms with Gasteiger partial charge in [-0.25, -0.2) is 4.79 Å². The molecule has 0 aromatic heterocycles. The third kappa shape index (κ3) is 2.71. The maximum atomic E-state index is 12.1. The van der Waals surface area contributed by atoms with Crippen molar-refractivity contribution in [3.63, 3.8) is 0 Å². The Morgan fingerprint density at radius 1 is 1.42 bits per heavy atom. The van der Waals surface area contributed by atoms with Gasteiger partial charge >= 0.3 is 5.97 Å². The average Bonchev–Trinajstić information content (AvgIpc) is 2.82. The van der Waals surface area contributed by atoms with E-state index in [9.17, 15) is 19.8 Å². The molecule has 0 aliphatic carbocycles. The number of carboxylic acid groups (broad SMARTS) is 1. The van der Waals surface area contributed by atoms with E-state index in [1.54, 1.807) is 6.07 Å². The molecular weight excluding hydrogens is 318 g/mol. The average molecular weight is 330 g/mol. The number of halogens is 1. The monoisotopic (exact) mass is 329 g/mol. The zero-order valence-corrected chi connectivity index (χ0v) is 11.4. The highest BCUT2D eigenvalue weighted by Crippen LogP contribution is 2.24. The zero-order chi connectivity index (χ0) is 14.0. The van der Waals surface area contributed by atoms with Crippen molar-refractivity contribution in [2.24, 2.45) is 0 Å². The third-order valence-corrected chi connectivity index (χ3v) is 3.48. The summed E-state index contributed by atoms with van der Waals surface area (Å²) < 4.78 is 5.66. The van der Waals surface area contributed by atoms with Crippen molar-refractivity contribution in [2.45, 2.75) is 12.0 Å². The molecule has 0 radical (unpaired) electrons. The molecule has 1 unspecified atom stereocenters. The summed E-state index contributed by atoms with van der Waals surface area (Å²) in [5.74, 6) is -2.00. The number of aromatic hydroxyl groups is 1.